The summed E-state index contributed by atoms with van der Waals surface area (Å²) in [5.41, 5.74) is 10.6. The molecule has 0 saturated carbocycles. The van der Waals surface area contributed by atoms with E-state index in [2.05, 4.69) is 161 Å². The molecular weight excluding hydrogens is 757 g/mol. The summed E-state index contributed by atoms with van der Waals surface area (Å²) >= 11 is 0. The molecule has 0 atom stereocenters. The van der Waals surface area contributed by atoms with Gasteiger partial charge in [-0.1, -0.05) is 140 Å². The predicted octanol–water partition coefficient (Wildman–Crippen LogP) is 13.9. The number of fused-ring (bicyclic) bond motifs is 12. The molecular formula is C56H34N6. The lowest BCUT2D eigenvalue weighted by Gasteiger charge is -2.14. The van der Waals surface area contributed by atoms with Crippen molar-refractivity contribution in [3.05, 3.63) is 206 Å². The van der Waals surface area contributed by atoms with Gasteiger partial charge in [-0.25, -0.2) is 4.98 Å². The van der Waals surface area contributed by atoms with E-state index in [0.717, 1.165) is 44.1 Å². The molecule has 0 saturated heterocycles. The highest BCUT2D eigenvalue weighted by Crippen LogP contribution is 2.41. The van der Waals surface area contributed by atoms with Crippen molar-refractivity contribution in [2.75, 3.05) is 0 Å². The Morgan fingerprint density at radius 3 is 1.52 bits per heavy atom. The summed E-state index contributed by atoms with van der Waals surface area (Å²) in [5, 5.41) is 10.7. The predicted molar refractivity (Wildman–Crippen MR) is 255 cm³/mol. The molecule has 13 aromatic rings. The smallest absolute Gasteiger partial charge is 0.238 e. The molecule has 0 N–H and O–H groups in total. The molecule has 0 bridgehead atoms. The summed E-state index contributed by atoms with van der Waals surface area (Å²) in [4.78, 5) is 20.3. The maximum Gasteiger partial charge on any atom is 0.238 e. The lowest BCUT2D eigenvalue weighted by atomic mass is 9.91. The molecule has 4 heterocycles. The second-order valence-electron chi connectivity index (χ2n) is 15.9. The van der Waals surface area contributed by atoms with Gasteiger partial charge in [0.05, 0.1) is 27.6 Å². The fraction of sp³-hybridized carbons (Fsp3) is 0. The lowest BCUT2D eigenvalue weighted by molar-refractivity contribution is 0.953. The number of hydrogen-bond acceptors (Lipinski definition) is 4. The maximum absolute atomic E-state index is 5.24. The van der Waals surface area contributed by atoms with Crippen LogP contribution >= 0.6 is 0 Å². The third-order valence-corrected chi connectivity index (χ3v) is 12.4. The van der Waals surface area contributed by atoms with Crippen LogP contribution in [0.15, 0.2) is 206 Å². The number of hydrogen-bond donors (Lipinski definition) is 0. The average Bonchev–Trinajstić information content (AvgIpc) is 3.87. The van der Waals surface area contributed by atoms with Crippen molar-refractivity contribution in [2.45, 2.75) is 0 Å². The molecule has 9 aromatic carbocycles. The molecule has 288 valence electrons. The second kappa shape index (κ2) is 13.5. The van der Waals surface area contributed by atoms with Crippen molar-refractivity contribution >= 4 is 76.1 Å². The Hall–Kier alpha value is -8.48. The van der Waals surface area contributed by atoms with E-state index in [-0.39, 0.29) is 0 Å². The maximum atomic E-state index is 5.24. The minimum atomic E-state index is 0.548. The van der Waals surface area contributed by atoms with Crippen molar-refractivity contribution in [3.8, 4) is 45.5 Å². The van der Waals surface area contributed by atoms with Gasteiger partial charge < -0.3 is 4.57 Å². The topological polar surface area (TPSA) is 61.4 Å². The van der Waals surface area contributed by atoms with Gasteiger partial charge in [-0.05, 0) is 104 Å². The Morgan fingerprint density at radius 2 is 0.790 bits per heavy atom. The summed E-state index contributed by atoms with van der Waals surface area (Å²) < 4.78 is 4.47. The van der Waals surface area contributed by atoms with Crippen LogP contribution in [0.5, 0.6) is 0 Å². The third kappa shape index (κ3) is 5.23. The van der Waals surface area contributed by atoms with Gasteiger partial charge in [0.25, 0.3) is 0 Å². The Labute approximate surface area is 355 Å². The molecule has 6 nitrogen and oxygen atoms in total. The average molecular weight is 791 g/mol. The lowest BCUT2D eigenvalue weighted by Crippen LogP contribution is -2.06. The van der Waals surface area contributed by atoms with Crippen LogP contribution in [0.25, 0.3) is 122 Å². The number of rotatable bonds is 5. The van der Waals surface area contributed by atoms with Crippen LogP contribution in [-0.4, -0.2) is 29.1 Å². The van der Waals surface area contributed by atoms with E-state index in [1.54, 1.807) is 0 Å². The molecule has 0 radical (unpaired) electrons. The summed E-state index contributed by atoms with van der Waals surface area (Å²) in [6.45, 7) is 0. The van der Waals surface area contributed by atoms with Crippen molar-refractivity contribution in [3.63, 3.8) is 0 Å². The highest BCUT2D eigenvalue weighted by atomic mass is 15.2. The molecule has 4 aromatic heterocycles. The summed E-state index contributed by atoms with van der Waals surface area (Å²) in [7, 11) is 0. The highest BCUT2D eigenvalue weighted by Gasteiger charge is 2.20. The van der Waals surface area contributed by atoms with Crippen molar-refractivity contribution in [2.24, 2.45) is 0 Å². The van der Waals surface area contributed by atoms with Crippen LogP contribution in [0.2, 0.25) is 0 Å². The van der Waals surface area contributed by atoms with E-state index in [9.17, 15) is 0 Å². The number of benzene rings is 9. The van der Waals surface area contributed by atoms with Crippen LogP contribution in [-0.2, 0) is 0 Å². The molecule has 0 spiro atoms. The fourth-order valence-electron chi connectivity index (χ4n) is 9.59. The van der Waals surface area contributed by atoms with Crippen molar-refractivity contribution in [1.29, 1.82) is 0 Å². The zero-order valence-electron chi connectivity index (χ0n) is 33.3. The molecule has 62 heavy (non-hydrogen) atoms. The highest BCUT2D eigenvalue weighted by molar-refractivity contribution is 6.26. The van der Waals surface area contributed by atoms with Crippen LogP contribution in [0.4, 0.5) is 0 Å². The van der Waals surface area contributed by atoms with E-state index >= 15 is 0 Å². The van der Waals surface area contributed by atoms with Gasteiger partial charge in [-0.3, -0.25) is 9.55 Å². The van der Waals surface area contributed by atoms with Gasteiger partial charge in [0, 0.05) is 39.2 Å². The zero-order chi connectivity index (χ0) is 40.7. The van der Waals surface area contributed by atoms with Gasteiger partial charge in [-0.2, -0.15) is 9.97 Å². The second-order valence-corrected chi connectivity index (χ2v) is 15.9. The fourth-order valence-corrected chi connectivity index (χ4v) is 9.59. The van der Waals surface area contributed by atoms with E-state index < -0.39 is 0 Å². The molecule has 0 unspecified atom stereocenters. The first-order valence-corrected chi connectivity index (χ1v) is 20.9. The van der Waals surface area contributed by atoms with Crippen LogP contribution in [0, 0.1) is 0 Å². The molecule has 0 fully saturated rings. The van der Waals surface area contributed by atoms with Gasteiger partial charge in [0.15, 0.2) is 11.6 Å². The zero-order valence-corrected chi connectivity index (χ0v) is 33.3. The molecule has 0 aliphatic rings. The first-order valence-electron chi connectivity index (χ1n) is 20.9. The Morgan fingerprint density at radius 1 is 0.290 bits per heavy atom. The van der Waals surface area contributed by atoms with Gasteiger partial charge in [-0.15, -0.1) is 0 Å². The third-order valence-electron chi connectivity index (χ3n) is 12.4. The van der Waals surface area contributed by atoms with Crippen molar-refractivity contribution in [1.82, 2.24) is 29.1 Å². The molecule has 0 amide bonds. The standard InChI is InChI=1S/C56H34N6/c1-3-14-35(15-4-1)54-58-55(60-56(59-54)62-50-23-12-10-21-45(50)53-52(62)24-13-31-57-53)38-26-29-43-42-28-25-36(32-46(42)40-18-7-8-19-41(40)47(43)34-38)37-27-30-51-48(33-37)44-20-9-11-22-49(44)61(51)39-16-5-2-6-17-39/h1-34H. The number of pyridine rings is 1. The number of para-hydroxylation sites is 3. The molecule has 6 heteroatoms. The summed E-state index contributed by atoms with van der Waals surface area (Å²) in [6.07, 6.45) is 1.84. The monoisotopic (exact) mass is 790 g/mol. The first-order chi connectivity index (χ1) is 30.7. The quantitative estimate of drug-likeness (QED) is 0.163. The van der Waals surface area contributed by atoms with Crippen molar-refractivity contribution < 1.29 is 0 Å². The van der Waals surface area contributed by atoms with Crippen LogP contribution < -0.4 is 0 Å². The summed E-state index contributed by atoms with van der Waals surface area (Å²) in [5.74, 6) is 1.76. The first kappa shape index (κ1) is 34.4. The Balaban J connectivity index is 0.986. The van der Waals surface area contributed by atoms with E-state index in [1.165, 1.54) is 59.9 Å². The molecule has 0 aliphatic carbocycles. The summed E-state index contributed by atoms with van der Waals surface area (Å²) in [6, 6.07) is 71.0. The molecule has 13 rings (SSSR count). The Kier molecular flexibility index (Phi) is 7.50. The van der Waals surface area contributed by atoms with Crippen LogP contribution in [0.1, 0.15) is 0 Å². The molecule has 0 aliphatic heterocycles. The van der Waals surface area contributed by atoms with E-state index in [4.69, 9.17) is 19.9 Å². The number of aromatic nitrogens is 6. The minimum Gasteiger partial charge on any atom is -0.309 e. The van der Waals surface area contributed by atoms with Crippen LogP contribution in [0.3, 0.4) is 0 Å². The van der Waals surface area contributed by atoms with Gasteiger partial charge >= 0.3 is 0 Å². The largest absolute Gasteiger partial charge is 0.309 e. The normalized spacial score (nSPS) is 11.9. The van der Waals surface area contributed by atoms with E-state index in [0.29, 0.717) is 17.6 Å². The minimum absolute atomic E-state index is 0.548. The van der Waals surface area contributed by atoms with Gasteiger partial charge in [0.2, 0.25) is 5.95 Å². The Bertz CT molecular complexity index is 3850. The van der Waals surface area contributed by atoms with E-state index in [1.807, 2.05) is 54.7 Å². The SMILES string of the molecule is c1ccc(-c2nc(-c3ccc4c5ccc(-c6ccc7c(c6)c6ccccc6n7-c6ccccc6)cc5c5ccccc5c4c3)nc(-n3c4ccccc4c4ncccc43)n2)cc1. The number of nitrogens with zero attached hydrogens (tertiary/aromatic N) is 6. The van der Waals surface area contributed by atoms with Gasteiger partial charge in [0.1, 0.15) is 0 Å².